The molecule has 1 heterocycles. The Morgan fingerprint density at radius 3 is 2.29 bits per heavy atom. The maximum Gasteiger partial charge on any atom is 0.314 e. The van der Waals surface area contributed by atoms with Crippen molar-refractivity contribution in [3.05, 3.63) is 35.9 Å². The largest absolute Gasteiger partial charge is 0.388 e. The van der Waals surface area contributed by atoms with Gasteiger partial charge >= 0.3 is 6.03 Å². The number of benzene rings is 1. The van der Waals surface area contributed by atoms with E-state index in [4.69, 9.17) is 4.74 Å². The van der Waals surface area contributed by atoms with Crippen LogP contribution in [0, 0.1) is 0 Å². The third-order valence-electron chi connectivity index (χ3n) is 5.54. The molecular formula is C19H28N2O3. The maximum absolute atomic E-state index is 12.2. The molecule has 132 valence electrons. The summed E-state index contributed by atoms with van der Waals surface area (Å²) >= 11 is 0. The molecule has 1 aliphatic carbocycles. The van der Waals surface area contributed by atoms with Crippen molar-refractivity contribution in [1.82, 2.24) is 10.6 Å². The van der Waals surface area contributed by atoms with Gasteiger partial charge in [-0.25, -0.2) is 4.79 Å². The summed E-state index contributed by atoms with van der Waals surface area (Å²) in [5, 5.41) is 16.2. The van der Waals surface area contributed by atoms with Crippen LogP contribution in [0.4, 0.5) is 4.79 Å². The van der Waals surface area contributed by atoms with E-state index in [1.807, 2.05) is 18.2 Å². The molecule has 1 aromatic rings. The fraction of sp³-hybridized carbons (Fsp3) is 0.632. The lowest BCUT2D eigenvalue weighted by Crippen LogP contribution is -2.50. The van der Waals surface area contributed by atoms with Gasteiger partial charge in [-0.3, -0.25) is 0 Å². The third kappa shape index (κ3) is 4.08. The number of rotatable bonds is 5. The zero-order valence-corrected chi connectivity index (χ0v) is 14.2. The Morgan fingerprint density at radius 1 is 1.00 bits per heavy atom. The lowest BCUT2D eigenvalue weighted by atomic mass is 9.74. The Kier molecular flexibility index (Phi) is 5.41. The number of hydrogen-bond donors (Lipinski definition) is 3. The topological polar surface area (TPSA) is 70.6 Å². The molecule has 2 fully saturated rings. The highest BCUT2D eigenvalue weighted by Crippen LogP contribution is 2.34. The van der Waals surface area contributed by atoms with Crippen LogP contribution in [-0.2, 0) is 10.2 Å². The number of amides is 2. The molecule has 1 saturated heterocycles. The van der Waals surface area contributed by atoms with Crippen LogP contribution in [0.2, 0.25) is 0 Å². The Bertz CT molecular complexity index is 535. The van der Waals surface area contributed by atoms with Gasteiger partial charge in [0.2, 0.25) is 0 Å². The van der Waals surface area contributed by atoms with Gasteiger partial charge in [-0.1, -0.05) is 43.2 Å². The first-order valence-electron chi connectivity index (χ1n) is 8.99. The first-order chi connectivity index (χ1) is 11.6. The average molecular weight is 332 g/mol. The number of ether oxygens (including phenoxy) is 1. The number of hydrogen-bond acceptors (Lipinski definition) is 3. The van der Waals surface area contributed by atoms with E-state index >= 15 is 0 Å². The van der Waals surface area contributed by atoms with Crippen molar-refractivity contribution in [2.75, 3.05) is 26.3 Å². The van der Waals surface area contributed by atoms with Gasteiger partial charge in [0.15, 0.2) is 0 Å². The fourth-order valence-electron chi connectivity index (χ4n) is 3.89. The summed E-state index contributed by atoms with van der Waals surface area (Å²) in [4.78, 5) is 12.2. The van der Waals surface area contributed by atoms with E-state index < -0.39 is 5.60 Å². The molecule has 1 saturated carbocycles. The van der Waals surface area contributed by atoms with E-state index in [0.717, 1.165) is 51.7 Å². The minimum Gasteiger partial charge on any atom is -0.388 e. The third-order valence-corrected chi connectivity index (χ3v) is 5.54. The van der Waals surface area contributed by atoms with Crippen molar-refractivity contribution in [3.63, 3.8) is 0 Å². The number of carbonyl (C=O) groups excluding carboxylic acids is 1. The summed E-state index contributed by atoms with van der Waals surface area (Å²) in [5.74, 6) is 0. The smallest absolute Gasteiger partial charge is 0.314 e. The Morgan fingerprint density at radius 2 is 1.62 bits per heavy atom. The van der Waals surface area contributed by atoms with Gasteiger partial charge in [0.1, 0.15) is 0 Å². The fourth-order valence-corrected chi connectivity index (χ4v) is 3.89. The van der Waals surface area contributed by atoms with Crippen LogP contribution in [0.3, 0.4) is 0 Å². The van der Waals surface area contributed by atoms with Gasteiger partial charge in [-0.05, 0) is 31.2 Å². The Balaban J connectivity index is 1.56. The number of nitrogens with one attached hydrogen (secondary N) is 2. The van der Waals surface area contributed by atoms with E-state index in [1.165, 1.54) is 5.56 Å². The molecule has 24 heavy (non-hydrogen) atoms. The van der Waals surface area contributed by atoms with Gasteiger partial charge in [-0.2, -0.15) is 0 Å². The zero-order chi connectivity index (χ0) is 16.9. The zero-order valence-electron chi connectivity index (χ0n) is 14.2. The molecule has 3 rings (SSSR count). The van der Waals surface area contributed by atoms with Gasteiger partial charge in [-0.15, -0.1) is 0 Å². The molecule has 0 spiro atoms. The molecule has 0 atom stereocenters. The monoisotopic (exact) mass is 332 g/mol. The van der Waals surface area contributed by atoms with E-state index in [2.05, 4.69) is 22.8 Å². The van der Waals surface area contributed by atoms with E-state index in [9.17, 15) is 9.90 Å². The van der Waals surface area contributed by atoms with Crippen LogP contribution in [0.1, 0.15) is 44.1 Å². The van der Waals surface area contributed by atoms with Gasteiger partial charge in [0.25, 0.3) is 0 Å². The van der Waals surface area contributed by atoms with Crippen LogP contribution < -0.4 is 10.6 Å². The number of urea groups is 1. The van der Waals surface area contributed by atoms with Crippen molar-refractivity contribution < 1.29 is 14.6 Å². The predicted molar refractivity (Wildman–Crippen MR) is 93.0 cm³/mol. The number of aliphatic hydroxyl groups is 1. The highest BCUT2D eigenvalue weighted by atomic mass is 16.5. The molecule has 0 aromatic heterocycles. The SMILES string of the molecule is O=C(NCC1(O)CCCC1)NCC1(c2ccccc2)CCOCC1. The number of carbonyl (C=O) groups is 1. The summed E-state index contributed by atoms with van der Waals surface area (Å²) < 4.78 is 5.52. The molecule has 2 amide bonds. The Hall–Kier alpha value is -1.59. The summed E-state index contributed by atoms with van der Waals surface area (Å²) in [7, 11) is 0. The first-order valence-corrected chi connectivity index (χ1v) is 8.99. The van der Waals surface area contributed by atoms with E-state index in [1.54, 1.807) is 0 Å². The standard InChI is InChI=1S/C19H28N2O3/c22-17(21-15-19(23)8-4-5-9-19)20-14-18(10-12-24-13-11-18)16-6-2-1-3-7-16/h1-3,6-7,23H,4-5,8-15H2,(H2,20,21,22). The highest BCUT2D eigenvalue weighted by Gasteiger charge is 2.35. The predicted octanol–water partition coefficient (Wildman–Crippen LogP) is 2.34. The molecule has 0 unspecified atom stereocenters. The summed E-state index contributed by atoms with van der Waals surface area (Å²) in [6.45, 7) is 2.36. The van der Waals surface area contributed by atoms with Crippen molar-refractivity contribution in [1.29, 1.82) is 0 Å². The summed E-state index contributed by atoms with van der Waals surface area (Å²) in [6.07, 6.45) is 5.44. The van der Waals surface area contributed by atoms with Gasteiger partial charge in [0.05, 0.1) is 5.60 Å². The van der Waals surface area contributed by atoms with Crippen molar-refractivity contribution >= 4 is 6.03 Å². The van der Waals surface area contributed by atoms with Crippen LogP contribution in [-0.4, -0.2) is 43.0 Å². The second-order valence-corrected chi connectivity index (χ2v) is 7.23. The molecule has 5 nitrogen and oxygen atoms in total. The summed E-state index contributed by atoms with van der Waals surface area (Å²) in [5.41, 5.74) is 0.469. The molecule has 2 aliphatic rings. The molecule has 5 heteroatoms. The maximum atomic E-state index is 12.2. The van der Waals surface area contributed by atoms with Crippen molar-refractivity contribution in [2.45, 2.75) is 49.5 Å². The molecule has 0 radical (unpaired) electrons. The van der Waals surface area contributed by atoms with E-state index in [-0.39, 0.29) is 11.4 Å². The van der Waals surface area contributed by atoms with Gasteiger partial charge in [0, 0.05) is 31.7 Å². The van der Waals surface area contributed by atoms with Crippen LogP contribution >= 0.6 is 0 Å². The first kappa shape index (κ1) is 17.2. The lowest BCUT2D eigenvalue weighted by molar-refractivity contribution is 0.0474. The van der Waals surface area contributed by atoms with Gasteiger partial charge < -0.3 is 20.5 Å². The van der Waals surface area contributed by atoms with Crippen molar-refractivity contribution in [2.24, 2.45) is 0 Å². The van der Waals surface area contributed by atoms with Crippen LogP contribution in [0.15, 0.2) is 30.3 Å². The Labute approximate surface area is 143 Å². The quantitative estimate of drug-likeness (QED) is 0.775. The second-order valence-electron chi connectivity index (χ2n) is 7.23. The molecular weight excluding hydrogens is 304 g/mol. The van der Waals surface area contributed by atoms with Crippen LogP contribution in [0.25, 0.3) is 0 Å². The van der Waals surface area contributed by atoms with E-state index in [0.29, 0.717) is 13.1 Å². The van der Waals surface area contributed by atoms with Crippen LogP contribution in [0.5, 0.6) is 0 Å². The molecule has 0 bridgehead atoms. The average Bonchev–Trinajstić information content (AvgIpc) is 3.07. The lowest BCUT2D eigenvalue weighted by Gasteiger charge is -2.38. The molecule has 1 aromatic carbocycles. The minimum absolute atomic E-state index is 0.0683. The molecule has 1 aliphatic heterocycles. The second kappa shape index (κ2) is 7.53. The minimum atomic E-state index is -0.715. The molecule has 3 N–H and O–H groups in total. The highest BCUT2D eigenvalue weighted by molar-refractivity contribution is 5.74. The van der Waals surface area contributed by atoms with Crippen molar-refractivity contribution in [3.8, 4) is 0 Å². The normalized spacial score (nSPS) is 22.0. The summed E-state index contributed by atoms with van der Waals surface area (Å²) in [6, 6.07) is 10.2.